The highest BCUT2D eigenvalue weighted by molar-refractivity contribution is 7.98. The first-order valence-corrected chi connectivity index (χ1v) is 7.11. The van der Waals surface area contributed by atoms with Crippen LogP contribution in [0.4, 0.5) is 5.69 Å². The van der Waals surface area contributed by atoms with Crippen molar-refractivity contribution >= 4 is 40.7 Å². The number of rotatable bonds is 3. The summed E-state index contributed by atoms with van der Waals surface area (Å²) in [6.45, 7) is 2.01. The number of nitrogens with two attached hydrogens (primary N) is 1. The van der Waals surface area contributed by atoms with Gasteiger partial charge in [0.25, 0.3) is 0 Å². The van der Waals surface area contributed by atoms with E-state index in [1.165, 1.54) is 0 Å². The summed E-state index contributed by atoms with van der Waals surface area (Å²) < 4.78 is 0. The molecule has 1 aromatic carbocycles. The molecule has 0 unspecified atom stereocenters. The fourth-order valence-corrected chi connectivity index (χ4v) is 3.04. The zero-order valence-corrected chi connectivity index (χ0v) is 12.1. The molecule has 94 valence electrons. The Bertz CT molecular complexity index is 573. The fourth-order valence-electron chi connectivity index (χ4n) is 1.49. The topological polar surface area (TPSA) is 38.9 Å². The molecule has 18 heavy (non-hydrogen) atoms. The van der Waals surface area contributed by atoms with Gasteiger partial charge in [0.05, 0.1) is 0 Å². The van der Waals surface area contributed by atoms with Gasteiger partial charge in [-0.1, -0.05) is 35.3 Å². The van der Waals surface area contributed by atoms with Crippen LogP contribution in [-0.2, 0) is 5.75 Å². The van der Waals surface area contributed by atoms with E-state index in [0.717, 1.165) is 27.5 Å². The second-order valence-electron chi connectivity index (χ2n) is 3.84. The molecule has 2 N–H and O–H groups in total. The molecule has 0 amide bonds. The van der Waals surface area contributed by atoms with E-state index in [-0.39, 0.29) is 0 Å². The number of hydrogen-bond acceptors (Lipinski definition) is 3. The number of benzene rings is 1. The Kier molecular flexibility index (Phi) is 4.38. The van der Waals surface area contributed by atoms with Gasteiger partial charge in [0.2, 0.25) is 0 Å². The Morgan fingerprint density at radius 2 is 2.00 bits per heavy atom. The van der Waals surface area contributed by atoms with E-state index >= 15 is 0 Å². The summed E-state index contributed by atoms with van der Waals surface area (Å²) in [6.07, 6.45) is 0. The van der Waals surface area contributed by atoms with E-state index in [9.17, 15) is 0 Å². The average molecular weight is 299 g/mol. The van der Waals surface area contributed by atoms with Crippen molar-refractivity contribution < 1.29 is 0 Å². The Balaban J connectivity index is 2.14. The summed E-state index contributed by atoms with van der Waals surface area (Å²) >= 11 is 13.5. The van der Waals surface area contributed by atoms with E-state index in [2.05, 4.69) is 4.98 Å². The van der Waals surface area contributed by atoms with Gasteiger partial charge in [0.1, 0.15) is 10.3 Å². The lowest BCUT2D eigenvalue weighted by Gasteiger charge is -2.08. The zero-order chi connectivity index (χ0) is 13.1. The normalized spacial score (nSPS) is 10.6. The number of anilines is 1. The number of pyridine rings is 1. The van der Waals surface area contributed by atoms with Crippen LogP contribution in [0.15, 0.2) is 35.2 Å². The smallest absolute Gasteiger partial charge is 0.134 e. The van der Waals surface area contributed by atoms with E-state index in [4.69, 9.17) is 28.9 Å². The van der Waals surface area contributed by atoms with Crippen LogP contribution in [0.5, 0.6) is 0 Å². The molecule has 0 aliphatic rings. The minimum Gasteiger partial charge on any atom is -0.398 e. The standard InChI is InChI=1S/C13H12Cl2N2S/c1-8-10(16)3-2-4-11(8)18-7-9-5-6-12(14)17-13(9)15/h2-6H,7,16H2,1H3. The fraction of sp³-hybridized carbons (Fsp3) is 0.154. The SMILES string of the molecule is Cc1c(N)cccc1SCc1ccc(Cl)nc1Cl. The Morgan fingerprint density at radius 1 is 1.22 bits per heavy atom. The quantitative estimate of drug-likeness (QED) is 0.512. The molecule has 0 saturated carbocycles. The molecule has 2 nitrogen and oxygen atoms in total. The lowest BCUT2D eigenvalue weighted by atomic mass is 10.2. The first-order chi connectivity index (χ1) is 8.58. The van der Waals surface area contributed by atoms with E-state index in [1.54, 1.807) is 17.8 Å². The van der Waals surface area contributed by atoms with Crippen LogP contribution in [0.2, 0.25) is 10.3 Å². The average Bonchev–Trinajstić information content (AvgIpc) is 2.33. The molecule has 1 heterocycles. The lowest BCUT2D eigenvalue weighted by molar-refractivity contribution is 1.24. The van der Waals surface area contributed by atoms with Gasteiger partial charge in [-0.05, 0) is 36.2 Å². The highest BCUT2D eigenvalue weighted by Gasteiger charge is 2.06. The number of hydrogen-bond donors (Lipinski definition) is 1. The molecule has 1 aromatic heterocycles. The summed E-state index contributed by atoms with van der Waals surface area (Å²) in [6, 6.07) is 9.54. The maximum absolute atomic E-state index is 6.03. The minimum absolute atomic E-state index is 0.411. The molecule has 0 spiro atoms. The second kappa shape index (κ2) is 5.83. The Morgan fingerprint density at radius 3 is 2.72 bits per heavy atom. The van der Waals surface area contributed by atoms with Crippen LogP contribution in [0.1, 0.15) is 11.1 Å². The summed E-state index contributed by atoms with van der Waals surface area (Å²) in [7, 11) is 0. The second-order valence-corrected chi connectivity index (χ2v) is 5.61. The van der Waals surface area contributed by atoms with Crippen molar-refractivity contribution in [2.24, 2.45) is 0 Å². The van der Waals surface area contributed by atoms with Crippen LogP contribution < -0.4 is 5.73 Å². The molecular formula is C13H12Cl2N2S. The van der Waals surface area contributed by atoms with E-state index in [1.807, 2.05) is 31.2 Å². The number of aromatic nitrogens is 1. The van der Waals surface area contributed by atoms with Crippen molar-refractivity contribution in [1.29, 1.82) is 0 Å². The lowest BCUT2D eigenvalue weighted by Crippen LogP contribution is -1.92. The van der Waals surface area contributed by atoms with Crippen molar-refractivity contribution in [3.63, 3.8) is 0 Å². The van der Waals surface area contributed by atoms with E-state index in [0.29, 0.717) is 10.3 Å². The third-order valence-corrected chi connectivity index (χ3v) is 4.35. The van der Waals surface area contributed by atoms with Gasteiger partial charge < -0.3 is 5.73 Å². The summed E-state index contributed by atoms with van der Waals surface area (Å²) in [4.78, 5) is 5.17. The van der Waals surface area contributed by atoms with Gasteiger partial charge in [-0.2, -0.15) is 0 Å². The molecule has 2 aromatic rings. The molecule has 5 heteroatoms. The molecule has 0 atom stereocenters. The van der Waals surface area contributed by atoms with Gasteiger partial charge in [0, 0.05) is 16.3 Å². The van der Waals surface area contributed by atoms with Crippen molar-refractivity contribution in [1.82, 2.24) is 4.98 Å². The third kappa shape index (κ3) is 3.10. The largest absolute Gasteiger partial charge is 0.398 e. The monoisotopic (exact) mass is 298 g/mol. The highest BCUT2D eigenvalue weighted by atomic mass is 35.5. The van der Waals surface area contributed by atoms with Gasteiger partial charge in [-0.15, -0.1) is 11.8 Å². The maximum Gasteiger partial charge on any atom is 0.134 e. The molecule has 0 aliphatic heterocycles. The van der Waals surface area contributed by atoms with Crippen molar-refractivity contribution in [3.8, 4) is 0 Å². The first-order valence-electron chi connectivity index (χ1n) is 5.36. The number of nitrogen functional groups attached to an aromatic ring is 1. The Labute approximate surface area is 121 Å². The predicted octanol–water partition coefficient (Wildman–Crippen LogP) is 4.57. The molecule has 0 aliphatic carbocycles. The van der Waals surface area contributed by atoms with Crippen molar-refractivity contribution in [3.05, 3.63) is 51.8 Å². The van der Waals surface area contributed by atoms with Crippen LogP contribution in [0.3, 0.4) is 0 Å². The van der Waals surface area contributed by atoms with Crippen LogP contribution in [0, 0.1) is 6.92 Å². The zero-order valence-electron chi connectivity index (χ0n) is 9.78. The number of nitrogens with zero attached hydrogens (tertiary/aromatic N) is 1. The third-order valence-electron chi connectivity index (χ3n) is 2.60. The number of halogens is 2. The molecular weight excluding hydrogens is 287 g/mol. The molecule has 0 radical (unpaired) electrons. The highest BCUT2D eigenvalue weighted by Crippen LogP contribution is 2.30. The molecule has 0 fully saturated rings. The maximum atomic E-state index is 6.03. The summed E-state index contributed by atoms with van der Waals surface area (Å²) in [5.41, 5.74) is 8.74. The van der Waals surface area contributed by atoms with Gasteiger partial charge >= 0.3 is 0 Å². The first kappa shape index (κ1) is 13.5. The minimum atomic E-state index is 0.411. The van der Waals surface area contributed by atoms with Crippen LogP contribution >= 0.6 is 35.0 Å². The van der Waals surface area contributed by atoms with Gasteiger partial charge in [-0.25, -0.2) is 4.98 Å². The molecule has 0 bridgehead atoms. The predicted molar refractivity (Wildman–Crippen MR) is 79.4 cm³/mol. The van der Waals surface area contributed by atoms with Crippen molar-refractivity contribution in [2.45, 2.75) is 17.6 Å². The van der Waals surface area contributed by atoms with Crippen LogP contribution in [-0.4, -0.2) is 4.98 Å². The van der Waals surface area contributed by atoms with E-state index < -0.39 is 0 Å². The number of thioether (sulfide) groups is 1. The molecule has 2 rings (SSSR count). The summed E-state index contributed by atoms with van der Waals surface area (Å²) in [5.74, 6) is 0.743. The van der Waals surface area contributed by atoms with Gasteiger partial charge in [0.15, 0.2) is 0 Å². The van der Waals surface area contributed by atoms with Gasteiger partial charge in [-0.3, -0.25) is 0 Å². The Hall–Kier alpha value is -0.900. The summed E-state index contributed by atoms with van der Waals surface area (Å²) in [5, 5.41) is 0.866. The molecule has 0 saturated heterocycles. The van der Waals surface area contributed by atoms with Crippen LogP contribution in [0.25, 0.3) is 0 Å². The van der Waals surface area contributed by atoms with Crippen molar-refractivity contribution in [2.75, 3.05) is 5.73 Å².